The van der Waals surface area contributed by atoms with Gasteiger partial charge in [0.2, 0.25) is 0 Å². The molecule has 6 rings (SSSR count). The van der Waals surface area contributed by atoms with Gasteiger partial charge in [-0.1, -0.05) is 97.1 Å². The summed E-state index contributed by atoms with van der Waals surface area (Å²) in [6.07, 6.45) is 2.21. The second-order valence-electron chi connectivity index (χ2n) is 7.08. The molecule has 0 heterocycles. The topological polar surface area (TPSA) is 60.3 Å². The summed E-state index contributed by atoms with van der Waals surface area (Å²) < 4.78 is 0. The zero-order valence-electron chi connectivity index (χ0n) is 16.0. The molecular weight excluding hydrogens is 354 g/mol. The molecule has 2 aliphatic rings. The van der Waals surface area contributed by atoms with Gasteiger partial charge in [-0.25, -0.2) is 0 Å². The first-order valence-corrected chi connectivity index (χ1v) is 9.65. The molecule has 0 fully saturated rings. The number of benzene rings is 4. The molecule has 140 valence electrons. The first kappa shape index (κ1) is 18.5. The third kappa shape index (κ3) is 3.77. The summed E-state index contributed by atoms with van der Waals surface area (Å²) >= 11 is 0. The molecule has 0 amide bonds. The van der Waals surface area contributed by atoms with Gasteiger partial charge in [0, 0.05) is 0 Å². The van der Waals surface area contributed by atoms with Gasteiger partial charge in [-0.15, -0.1) is 5.53 Å². The molecule has 0 atom stereocenters. The smallest absolute Gasteiger partial charge is 0.00135 e. The summed E-state index contributed by atoms with van der Waals surface area (Å²) in [5.41, 5.74) is 23.8. The highest BCUT2D eigenvalue weighted by atomic mass is 15.0. The van der Waals surface area contributed by atoms with Crippen LogP contribution in [0.3, 0.4) is 0 Å². The molecule has 3 nitrogen and oxygen atoms in total. The summed E-state index contributed by atoms with van der Waals surface area (Å²) in [5, 5.41) is 0. The highest BCUT2D eigenvalue weighted by Crippen LogP contribution is 2.36. The lowest BCUT2D eigenvalue weighted by Gasteiger charge is -1.98. The number of nitrogens with zero attached hydrogens (tertiary/aromatic N) is 2. The van der Waals surface area contributed by atoms with E-state index in [0.717, 1.165) is 12.8 Å². The van der Waals surface area contributed by atoms with Crippen molar-refractivity contribution in [2.75, 3.05) is 0 Å². The Hall–Kier alpha value is -3.81. The largest absolute Gasteiger partial charge is 0.108 e. The maximum atomic E-state index is 6.86. The molecule has 1 N–H and O–H groups in total. The standard InChI is InChI=1S/2C13H10.HN3/c2*1-3-7-12-10(5-1)9-11-6-2-4-8-13(11)12;1-3-2/h2*1-8H,9H2;1H. The third-order valence-electron chi connectivity index (χ3n) is 5.41. The molecule has 0 saturated carbocycles. The van der Waals surface area contributed by atoms with Crippen molar-refractivity contribution in [3.63, 3.8) is 0 Å². The van der Waals surface area contributed by atoms with Crippen LogP contribution in [0.1, 0.15) is 22.3 Å². The second kappa shape index (κ2) is 8.47. The van der Waals surface area contributed by atoms with Crippen LogP contribution in [-0.2, 0) is 12.8 Å². The third-order valence-corrected chi connectivity index (χ3v) is 5.41. The number of rotatable bonds is 0. The average molecular weight is 375 g/mol. The molecule has 0 aliphatic heterocycles. The van der Waals surface area contributed by atoms with Gasteiger partial charge in [0.15, 0.2) is 0 Å². The monoisotopic (exact) mass is 375 g/mol. The van der Waals surface area contributed by atoms with Crippen molar-refractivity contribution in [3.8, 4) is 22.3 Å². The fourth-order valence-corrected chi connectivity index (χ4v) is 4.16. The molecule has 0 bridgehead atoms. The number of hydrogen-bond acceptors (Lipinski definition) is 1. The van der Waals surface area contributed by atoms with Gasteiger partial charge in [-0.05, 0) is 67.8 Å². The summed E-state index contributed by atoms with van der Waals surface area (Å²) in [4.78, 5) is 1.75. The zero-order chi connectivity index (χ0) is 20.1. The molecular formula is C26H21N3. The van der Waals surface area contributed by atoms with Crippen molar-refractivity contribution in [1.29, 1.82) is 5.53 Å². The van der Waals surface area contributed by atoms with Crippen molar-refractivity contribution < 1.29 is 0 Å². The maximum Gasteiger partial charge on any atom is -0.00135 e. The van der Waals surface area contributed by atoms with Crippen LogP contribution in [0.25, 0.3) is 32.7 Å². The molecule has 0 radical (unpaired) electrons. The summed E-state index contributed by atoms with van der Waals surface area (Å²) in [6.45, 7) is 0. The predicted molar refractivity (Wildman–Crippen MR) is 119 cm³/mol. The van der Waals surface area contributed by atoms with E-state index in [4.69, 9.17) is 11.1 Å². The Labute approximate surface area is 170 Å². The lowest BCUT2D eigenvalue weighted by Crippen LogP contribution is -1.77. The Morgan fingerprint density at radius 1 is 0.483 bits per heavy atom. The van der Waals surface area contributed by atoms with Crippen molar-refractivity contribution in [1.82, 2.24) is 0 Å². The molecule has 0 spiro atoms. The lowest BCUT2D eigenvalue weighted by atomic mass is 10.1. The van der Waals surface area contributed by atoms with Crippen molar-refractivity contribution in [3.05, 3.63) is 130 Å². The van der Waals surface area contributed by atoms with Crippen LogP contribution in [0.5, 0.6) is 0 Å². The van der Waals surface area contributed by atoms with Crippen molar-refractivity contribution in [2.24, 2.45) is 0 Å². The summed E-state index contributed by atoms with van der Waals surface area (Å²) in [5.74, 6) is 0. The van der Waals surface area contributed by atoms with E-state index in [1.807, 2.05) is 0 Å². The van der Waals surface area contributed by atoms with Crippen LogP contribution < -0.4 is 0 Å². The van der Waals surface area contributed by atoms with Gasteiger partial charge < -0.3 is 0 Å². The molecule has 2 aliphatic carbocycles. The predicted octanol–water partition coefficient (Wildman–Crippen LogP) is 7.39. The van der Waals surface area contributed by atoms with Gasteiger partial charge >= 0.3 is 0 Å². The van der Waals surface area contributed by atoms with E-state index in [-0.39, 0.29) is 0 Å². The van der Waals surface area contributed by atoms with Gasteiger partial charge in [0.05, 0.1) is 0 Å². The van der Waals surface area contributed by atoms with Crippen LogP contribution in [0, 0.1) is 5.53 Å². The molecule has 0 saturated heterocycles. The molecule has 3 heteroatoms. The number of fused-ring (bicyclic) bond motifs is 6. The molecule has 0 aromatic heterocycles. The SMILES string of the molecule is [N-]=[N+]=N.c1ccc2c(c1)Cc1ccccc1-2.c1ccc2c(c1)Cc1ccccc1-2. The molecule has 4 aromatic carbocycles. The van der Waals surface area contributed by atoms with Crippen LogP contribution in [-0.4, -0.2) is 0 Å². The Morgan fingerprint density at radius 2 is 0.690 bits per heavy atom. The van der Waals surface area contributed by atoms with Gasteiger partial charge in [0.25, 0.3) is 0 Å². The van der Waals surface area contributed by atoms with Gasteiger partial charge in [-0.2, -0.15) is 0 Å². The van der Waals surface area contributed by atoms with E-state index in [9.17, 15) is 0 Å². The molecule has 29 heavy (non-hydrogen) atoms. The van der Waals surface area contributed by atoms with E-state index in [1.54, 1.807) is 4.91 Å². The van der Waals surface area contributed by atoms with Crippen LogP contribution in [0.15, 0.2) is 97.1 Å². The minimum absolute atomic E-state index is 1.10. The first-order valence-electron chi connectivity index (χ1n) is 9.65. The fraction of sp³-hybridized carbons (Fsp3) is 0.0769. The fourth-order valence-electron chi connectivity index (χ4n) is 4.16. The average Bonchev–Trinajstić information content (AvgIpc) is 3.33. The lowest BCUT2D eigenvalue weighted by molar-refractivity contribution is 1.26. The first-order chi connectivity index (χ1) is 14.3. The van der Waals surface area contributed by atoms with Crippen molar-refractivity contribution >= 4 is 0 Å². The van der Waals surface area contributed by atoms with E-state index in [0.29, 0.717) is 0 Å². The van der Waals surface area contributed by atoms with E-state index >= 15 is 0 Å². The Morgan fingerprint density at radius 3 is 0.931 bits per heavy atom. The summed E-state index contributed by atoms with van der Waals surface area (Å²) in [6, 6.07) is 34.6. The van der Waals surface area contributed by atoms with E-state index < -0.39 is 0 Å². The maximum absolute atomic E-state index is 6.86. The highest BCUT2D eigenvalue weighted by Gasteiger charge is 2.16. The minimum atomic E-state index is 1.10. The Balaban J connectivity index is 0.000000125. The molecule has 0 unspecified atom stereocenters. The second-order valence-corrected chi connectivity index (χ2v) is 7.08. The van der Waals surface area contributed by atoms with Gasteiger partial charge in [0.1, 0.15) is 0 Å². The Bertz CT molecular complexity index is 1010. The van der Waals surface area contributed by atoms with Gasteiger partial charge in [-0.3, -0.25) is 0 Å². The van der Waals surface area contributed by atoms with Crippen LogP contribution >= 0.6 is 0 Å². The van der Waals surface area contributed by atoms with Crippen molar-refractivity contribution in [2.45, 2.75) is 12.8 Å². The zero-order valence-corrected chi connectivity index (χ0v) is 16.0. The molecule has 4 aromatic rings. The Kier molecular flexibility index (Phi) is 5.42. The highest BCUT2D eigenvalue weighted by molar-refractivity contribution is 5.77. The van der Waals surface area contributed by atoms with E-state index in [1.165, 1.54) is 44.5 Å². The summed E-state index contributed by atoms with van der Waals surface area (Å²) in [7, 11) is 0. The number of nitrogens with one attached hydrogen (secondary N) is 1. The quantitative estimate of drug-likeness (QED) is 0.163. The number of hydrogen-bond donors (Lipinski definition) is 1. The van der Waals surface area contributed by atoms with Crippen LogP contribution in [0.4, 0.5) is 0 Å². The van der Waals surface area contributed by atoms with E-state index in [2.05, 4.69) is 97.1 Å². The minimum Gasteiger partial charge on any atom is -0.108 e. The normalized spacial score (nSPS) is 11.3. The van der Waals surface area contributed by atoms with Crippen LogP contribution in [0.2, 0.25) is 0 Å².